The van der Waals surface area contributed by atoms with Gasteiger partial charge in [-0.1, -0.05) is 41.9 Å². The molecule has 128 valence electrons. The first-order valence-corrected chi connectivity index (χ1v) is 8.74. The van der Waals surface area contributed by atoms with Crippen molar-refractivity contribution >= 4 is 34.1 Å². The van der Waals surface area contributed by atoms with Gasteiger partial charge < -0.3 is 10.3 Å². The molecular weight excluding hydrogens is 344 g/mol. The number of benzene rings is 3. The quantitative estimate of drug-likeness (QED) is 0.459. The summed E-state index contributed by atoms with van der Waals surface area (Å²) in [5.41, 5.74) is 5.51. The van der Waals surface area contributed by atoms with Gasteiger partial charge in [-0.3, -0.25) is 4.79 Å². The van der Waals surface area contributed by atoms with E-state index in [0.29, 0.717) is 5.56 Å². The van der Waals surface area contributed by atoms with E-state index in [1.54, 1.807) is 0 Å². The number of rotatable bonds is 3. The number of nitrogens with one attached hydrogen (secondary N) is 2. The summed E-state index contributed by atoms with van der Waals surface area (Å²) >= 11 is 6.05. The van der Waals surface area contributed by atoms with Crippen molar-refractivity contribution in [1.29, 1.82) is 0 Å². The van der Waals surface area contributed by atoms with Gasteiger partial charge in [-0.15, -0.1) is 0 Å². The second kappa shape index (κ2) is 6.70. The largest absolute Gasteiger partial charge is 0.355 e. The third-order valence-electron chi connectivity index (χ3n) is 4.43. The lowest BCUT2D eigenvalue weighted by atomic mass is 10.1. The van der Waals surface area contributed by atoms with Gasteiger partial charge in [0.1, 0.15) is 0 Å². The number of aromatic amines is 1. The standard InChI is InChI=1S/C22H17ClN2O/c1-14-4-2-3-5-19(14)22(26)24-18-9-6-15(7-10-18)21-13-16-12-17(23)8-11-20(16)25-21/h2-13,25H,1H3,(H,24,26). The number of fused-ring (bicyclic) bond motifs is 1. The molecule has 1 heterocycles. The number of hydrogen-bond acceptors (Lipinski definition) is 1. The van der Waals surface area contributed by atoms with Crippen LogP contribution in [-0.4, -0.2) is 10.9 Å². The van der Waals surface area contributed by atoms with Crippen molar-refractivity contribution in [2.24, 2.45) is 0 Å². The Morgan fingerprint density at radius 3 is 2.50 bits per heavy atom. The van der Waals surface area contributed by atoms with Crippen LogP contribution >= 0.6 is 11.6 Å². The maximum atomic E-state index is 12.4. The lowest BCUT2D eigenvalue weighted by Crippen LogP contribution is -2.13. The first kappa shape index (κ1) is 16.4. The maximum absolute atomic E-state index is 12.4. The Bertz CT molecular complexity index is 1100. The van der Waals surface area contributed by atoms with Crippen LogP contribution in [0.15, 0.2) is 72.8 Å². The molecule has 3 nitrogen and oxygen atoms in total. The van der Waals surface area contributed by atoms with Gasteiger partial charge in [0.05, 0.1) is 0 Å². The van der Waals surface area contributed by atoms with Crippen LogP contribution in [-0.2, 0) is 0 Å². The summed E-state index contributed by atoms with van der Waals surface area (Å²) in [5, 5.41) is 4.74. The zero-order valence-electron chi connectivity index (χ0n) is 14.2. The van der Waals surface area contributed by atoms with Gasteiger partial charge in [0.2, 0.25) is 0 Å². The Morgan fingerprint density at radius 1 is 0.962 bits per heavy atom. The van der Waals surface area contributed by atoms with Crippen molar-refractivity contribution < 1.29 is 4.79 Å². The first-order chi connectivity index (χ1) is 12.6. The van der Waals surface area contributed by atoms with Crippen molar-refractivity contribution in [3.63, 3.8) is 0 Å². The summed E-state index contributed by atoms with van der Waals surface area (Å²) in [4.78, 5) is 15.8. The Balaban J connectivity index is 1.56. The highest BCUT2D eigenvalue weighted by atomic mass is 35.5. The molecule has 0 bridgehead atoms. The van der Waals surface area contributed by atoms with E-state index in [-0.39, 0.29) is 5.91 Å². The molecule has 0 aliphatic heterocycles. The van der Waals surface area contributed by atoms with Crippen LogP contribution in [0.5, 0.6) is 0 Å². The van der Waals surface area contributed by atoms with E-state index in [1.165, 1.54) is 0 Å². The monoisotopic (exact) mass is 360 g/mol. The van der Waals surface area contributed by atoms with Crippen LogP contribution in [0.25, 0.3) is 22.2 Å². The average Bonchev–Trinajstić information content (AvgIpc) is 3.05. The molecule has 1 amide bonds. The third-order valence-corrected chi connectivity index (χ3v) is 4.66. The zero-order chi connectivity index (χ0) is 18.1. The highest BCUT2D eigenvalue weighted by Crippen LogP contribution is 2.27. The van der Waals surface area contributed by atoms with E-state index in [9.17, 15) is 4.79 Å². The molecule has 0 saturated heterocycles. The summed E-state index contributed by atoms with van der Waals surface area (Å²) in [6.07, 6.45) is 0. The molecule has 4 rings (SSSR count). The molecule has 0 unspecified atom stereocenters. The van der Waals surface area contributed by atoms with E-state index in [0.717, 1.165) is 38.4 Å². The van der Waals surface area contributed by atoms with Crippen molar-refractivity contribution in [2.45, 2.75) is 6.92 Å². The van der Waals surface area contributed by atoms with Crippen LogP contribution in [0.3, 0.4) is 0 Å². The molecule has 4 aromatic rings. The zero-order valence-corrected chi connectivity index (χ0v) is 15.0. The highest BCUT2D eigenvalue weighted by molar-refractivity contribution is 6.31. The molecule has 1 aromatic heterocycles. The molecule has 4 heteroatoms. The topological polar surface area (TPSA) is 44.9 Å². The van der Waals surface area contributed by atoms with Crippen LogP contribution < -0.4 is 5.32 Å². The number of hydrogen-bond donors (Lipinski definition) is 2. The Hall–Kier alpha value is -3.04. The minimum Gasteiger partial charge on any atom is -0.355 e. The van der Waals surface area contributed by atoms with E-state index < -0.39 is 0 Å². The van der Waals surface area contributed by atoms with Crippen molar-refractivity contribution in [1.82, 2.24) is 4.98 Å². The summed E-state index contributed by atoms with van der Waals surface area (Å²) in [5.74, 6) is -0.101. The number of aryl methyl sites for hydroxylation is 1. The number of carbonyl (C=O) groups is 1. The van der Waals surface area contributed by atoms with Crippen LogP contribution in [0.1, 0.15) is 15.9 Å². The van der Waals surface area contributed by atoms with Crippen molar-refractivity contribution in [3.8, 4) is 11.3 Å². The minimum atomic E-state index is -0.101. The number of amides is 1. The van der Waals surface area contributed by atoms with Gasteiger partial charge in [0, 0.05) is 32.9 Å². The lowest BCUT2D eigenvalue weighted by molar-refractivity contribution is 0.102. The number of aromatic nitrogens is 1. The van der Waals surface area contributed by atoms with Gasteiger partial charge in [-0.2, -0.15) is 0 Å². The molecule has 0 aliphatic carbocycles. The van der Waals surface area contributed by atoms with Gasteiger partial charge >= 0.3 is 0 Å². The number of anilines is 1. The second-order valence-electron chi connectivity index (χ2n) is 6.26. The number of halogens is 1. The fraction of sp³-hybridized carbons (Fsp3) is 0.0455. The lowest BCUT2D eigenvalue weighted by Gasteiger charge is -2.08. The number of H-pyrrole nitrogens is 1. The number of carbonyl (C=O) groups excluding carboxylic acids is 1. The summed E-state index contributed by atoms with van der Waals surface area (Å²) in [7, 11) is 0. The molecule has 2 N–H and O–H groups in total. The third kappa shape index (κ3) is 3.22. The van der Waals surface area contributed by atoms with Crippen LogP contribution in [0.2, 0.25) is 5.02 Å². The van der Waals surface area contributed by atoms with Gasteiger partial charge in [-0.25, -0.2) is 0 Å². The Kier molecular flexibility index (Phi) is 4.23. The summed E-state index contributed by atoms with van der Waals surface area (Å²) in [6, 6.07) is 23.2. The predicted octanol–water partition coefficient (Wildman–Crippen LogP) is 6.05. The van der Waals surface area contributed by atoms with Crippen LogP contribution in [0, 0.1) is 6.92 Å². The molecule has 3 aromatic carbocycles. The molecule has 0 atom stereocenters. The average molecular weight is 361 g/mol. The van der Waals surface area contributed by atoms with Gasteiger partial charge in [0.15, 0.2) is 0 Å². The van der Waals surface area contributed by atoms with Crippen molar-refractivity contribution in [3.05, 3.63) is 88.9 Å². The summed E-state index contributed by atoms with van der Waals surface area (Å²) in [6.45, 7) is 1.93. The molecule has 0 saturated carbocycles. The molecule has 0 fully saturated rings. The summed E-state index contributed by atoms with van der Waals surface area (Å²) < 4.78 is 0. The Labute approximate surface area is 156 Å². The first-order valence-electron chi connectivity index (χ1n) is 8.36. The molecule has 0 spiro atoms. The highest BCUT2D eigenvalue weighted by Gasteiger charge is 2.09. The molecule has 0 radical (unpaired) electrons. The minimum absolute atomic E-state index is 0.101. The molecule has 26 heavy (non-hydrogen) atoms. The van der Waals surface area contributed by atoms with Crippen LogP contribution in [0.4, 0.5) is 5.69 Å². The van der Waals surface area contributed by atoms with E-state index >= 15 is 0 Å². The van der Waals surface area contributed by atoms with E-state index in [4.69, 9.17) is 11.6 Å². The van der Waals surface area contributed by atoms with E-state index in [1.807, 2.05) is 73.7 Å². The fourth-order valence-corrected chi connectivity index (χ4v) is 3.20. The molecular formula is C22H17ClN2O. The predicted molar refractivity (Wildman–Crippen MR) is 108 cm³/mol. The normalized spacial score (nSPS) is 10.8. The second-order valence-corrected chi connectivity index (χ2v) is 6.70. The maximum Gasteiger partial charge on any atom is 0.255 e. The van der Waals surface area contributed by atoms with Crippen molar-refractivity contribution in [2.75, 3.05) is 5.32 Å². The van der Waals surface area contributed by atoms with Gasteiger partial charge in [0.25, 0.3) is 5.91 Å². The Morgan fingerprint density at radius 2 is 1.73 bits per heavy atom. The van der Waals surface area contributed by atoms with E-state index in [2.05, 4.69) is 16.4 Å². The smallest absolute Gasteiger partial charge is 0.255 e. The van der Waals surface area contributed by atoms with Gasteiger partial charge in [-0.05, 0) is 60.5 Å². The fourth-order valence-electron chi connectivity index (χ4n) is 3.02. The SMILES string of the molecule is Cc1ccccc1C(=O)Nc1ccc(-c2cc3cc(Cl)ccc3[nH]2)cc1. The molecule has 0 aliphatic rings.